The van der Waals surface area contributed by atoms with Gasteiger partial charge in [0, 0.05) is 12.6 Å². The van der Waals surface area contributed by atoms with Crippen LogP contribution in [0.4, 0.5) is 8.78 Å². The van der Waals surface area contributed by atoms with Gasteiger partial charge in [-0.2, -0.15) is 0 Å². The van der Waals surface area contributed by atoms with Crippen molar-refractivity contribution in [2.24, 2.45) is 23.5 Å². The van der Waals surface area contributed by atoms with Gasteiger partial charge in [-0.15, -0.1) is 0 Å². The Hall–Kier alpha value is -1.53. The van der Waals surface area contributed by atoms with Gasteiger partial charge in [0.2, 0.25) is 5.91 Å². The quantitative estimate of drug-likeness (QED) is 0.901. The summed E-state index contributed by atoms with van der Waals surface area (Å²) in [6.45, 7) is 1.29. The fourth-order valence-electron chi connectivity index (χ4n) is 4.68. The molecule has 1 amide bonds. The normalized spacial score (nSPS) is 35.5. The Kier molecular flexibility index (Phi) is 4.04. The Morgan fingerprint density at radius 1 is 1.21 bits per heavy atom. The SMILES string of the molecule is NC1C2CCC(C2)C1C(=O)N1CCOC(c2ccc(F)c(F)c2)C1. The Balaban J connectivity index is 1.48. The number of carbonyl (C=O) groups is 1. The van der Waals surface area contributed by atoms with Crippen LogP contribution in [0.5, 0.6) is 0 Å². The molecule has 6 heteroatoms. The van der Waals surface area contributed by atoms with E-state index < -0.39 is 17.7 Å². The van der Waals surface area contributed by atoms with Crippen molar-refractivity contribution in [3.8, 4) is 0 Å². The minimum atomic E-state index is -0.894. The predicted octanol–water partition coefficient (Wildman–Crippen LogP) is 2.24. The minimum Gasteiger partial charge on any atom is -0.370 e. The number of carbonyl (C=O) groups excluding carboxylic acids is 1. The summed E-state index contributed by atoms with van der Waals surface area (Å²) in [5.41, 5.74) is 6.84. The molecule has 3 fully saturated rings. The molecule has 1 aromatic rings. The fraction of sp³-hybridized carbons (Fsp3) is 0.611. The van der Waals surface area contributed by atoms with Crippen molar-refractivity contribution in [3.05, 3.63) is 35.4 Å². The maximum Gasteiger partial charge on any atom is 0.227 e. The maximum absolute atomic E-state index is 13.5. The Morgan fingerprint density at radius 2 is 2.00 bits per heavy atom. The molecule has 2 saturated carbocycles. The number of nitrogens with zero attached hydrogens (tertiary/aromatic N) is 1. The van der Waals surface area contributed by atoms with Crippen LogP contribution in [0.3, 0.4) is 0 Å². The lowest BCUT2D eigenvalue weighted by molar-refractivity contribution is -0.145. The van der Waals surface area contributed by atoms with Gasteiger partial charge >= 0.3 is 0 Å². The van der Waals surface area contributed by atoms with E-state index in [0.29, 0.717) is 37.1 Å². The molecule has 1 heterocycles. The van der Waals surface area contributed by atoms with Crippen LogP contribution in [0.2, 0.25) is 0 Å². The number of fused-ring (bicyclic) bond motifs is 2. The molecule has 130 valence electrons. The zero-order valence-corrected chi connectivity index (χ0v) is 13.5. The highest BCUT2D eigenvalue weighted by molar-refractivity contribution is 5.80. The van der Waals surface area contributed by atoms with Gasteiger partial charge in [-0.3, -0.25) is 4.79 Å². The van der Waals surface area contributed by atoms with E-state index in [1.54, 1.807) is 4.90 Å². The Labute approximate surface area is 139 Å². The molecular formula is C18H22F2N2O2. The van der Waals surface area contributed by atoms with E-state index in [2.05, 4.69) is 0 Å². The van der Waals surface area contributed by atoms with Gasteiger partial charge in [0.15, 0.2) is 11.6 Å². The molecule has 24 heavy (non-hydrogen) atoms. The van der Waals surface area contributed by atoms with Crippen molar-refractivity contribution in [2.75, 3.05) is 19.7 Å². The van der Waals surface area contributed by atoms with Crippen molar-refractivity contribution in [1.82, 2.24) is 4.90 Å². The number of morpholine rings is 1. The third-order valence-electron chi connectivity index (χ3n) is 5.96. The van der Waals surface area contributed by atoms with E-state index in [4.69, 9.17) is 10.5 Å². The first-order valence-electron chi connectivity index (χ1n) is 8.65. The summed E-state index contributed by atoms with van der Waals surface area (Å²) in [6, 6.07) is 3.72. The summed E-state index contributed by atoms with van der Waals surface area (Å²) >= 11 is 0. The highest BCUT2D eigenvalue weighted by atomic mass is 19.2. The molecule has 4 rings (SSSR count). The van der Waals surface area contributed by atoms with E-state index in [9.17, 15) is 13.6 Å². The standard InChI is InChI=1S/C18H22F2N2O2/c19-13-4-3-10(8-14(13)20)15-9-22(5-6-24-15)18(23)16-11-1-2-12(7-11)17(16)21/h3-4,8,11-12,15-17H,1-2,5-7,9,21H2. The highest BCUT2D eigenvalue weighted by Gasteiger charge is 2.50. The van der Waals surface area contributed by atoms with E-state index >= 15 is 0 Å². The second-order valence-corrected chi connectivity index (χ2v) is 7.25. The number of amides is 1. The number of halogens is 2. The summed E-state index contributed by atoms with van der Waals surface area (Å²) in [5, 5.41) is 0. The zero-order chi connectivity index (χ0) is 16.8. The number of hydrogen-bond donors (Lipinski definition) is 1. The molecule has 5 atom stereocenters. The third kappa shape index (κ3) is 2.62. The lowest BCUT2D eigenvalue weighted by Gasteiger charge is -2.37. The summed E-state index contributed by atoms with van der Waals surface area (Å²) in [6.07, 6.45) is 2.86. The fourth-order valence-corrected chi connectivity index (χ4v) is 4.68. The van der Waals surface area contributed by atoms with Gasteiger partial charge in [-0.25, -0.2) is 8.78 Å². The first kappa shape index (κ1) is 16.0. The van der Waals surface area contributed by atoms with Gasteiger partial charge in [0.05, 0.1) is 19.1 Å². The smallest absolute Gasteiger partial charge is 0.227 e. The van der Waals surface area contributed by atoms with Crippen LogP contribution in [-0.4, -0.2) is 36.5 Å². The van der Waals surface area contributed by atoms with Crippen molar-refractivity contribution >= 4 is 5.91 Å². The summed E-state index contributed by atoms with van der Waals surface area (Å²) in [5.74, 6) is -0.878. The molecule has 1 saturated heterocycles. The lowest BCUT2D eigenvalue weighted by Crippen LogP contribution is -2.50. The monoisotopic (exact) mass is 336 g/mol. The molecule has 2 aliphatic carbocycles. The van der Waals surface area contributed by atoms with E-state index in [0.717, 1.165) is 31.4 Å². The van der Waals surface area contributed by atoms with Gasteiger partial charge in [-0.1, -0.05) is 6.07 Å². The number of ether oxygens (including phenoxy) is 1. The van der Waals surface area contributed by atoms with Crippen LogP contribution in [0.15, 0.2) is 18.2 Å². The minimum absolute atomic E-state index is 0.0409. The molecule has 2 N–H and O–H groups in total. The molecular weight excluding hydrogens is 314 g/mol. The Morgan fingerprint density at radius 3 is 2.71 bits per heavy atom. The summed E-state index contributed by atoms with van der Waals surface area (Å²) in [4.78, 5) is 14.7. The molecule has 3 aliphatic rings. The molecule has 0 aromatic heterocycles. The molecule has 0 spiro atoms. The second kappa shape index (κ2) is 6.08. The van der Waals surface area contributed by atoms with Crippen LogP contribution >= 0.6 is 0 Å². The van der Waals surface area contributed by atoms with Crippen LogP contribution < -0.4 is 5.73 Å². The first-order chi connectivity index (χ1) is 11.5. The van der Waals surface area contributed by atoms with E-state index in [-0.39, 0.29) is 17.9 Å². The average molecular weight is 336 g/mol. The van der Waals surface area contributed by atoms with Gasteiger partial charge in [-0.05, 0) is 48.8 Å². The van der Waals surface area contributed by atoms with Crippen molar-refractivity contribution in [2.45, 2.75) is 31.4 Å². The largest absolute Gasteiger partial charge is 0.370 e. The molecule has 0 radical (unpaired) electrons. The predicted molar refractivity (Wildman–Crippen MR) is 83.9 cm³/mol. The van der Waals surface area contributed by atoms with Crippen LogP contribution in [0.25, 0.3) is 0 Å². The van der Waals surface area contributed by atoms with Crippen LogP contribution in [-0.2, 0) is 9.53 Å². The third-order valence-corrected chi connectivity index (χ3v) is 5.96. The van der Waals surface area contributed by atoms with Crippen LogP contribution in [0, 0.1) is 29.4 Å². The van der Waals surface area contributed by atoms with Crippen molar-refractivity contribution in [1.29, 1.82) is 0 Å². The highest BCUT2D eigenvalue weighted by Crippen LogP contribution is 2.48. The van der Waals surface area contributed by atoms with Gasteiger partial charge in [0.1, 0.15) is 6.10 Å². The molecule has 1 aromatic carbocycles. The van der Waals surface area contributed by atoms with Crippen LogP contribution in [0.1, 0.15) is 30.9 Å². The summed E-state index contributed by atoms with van der Waals surface area (Å²) < 4.78 is 32.2. The van der Waals surface area contributed by atoms with Gasteiger partial charge < -0.3 is 15.4 Å². The lowest BCUT2D eigenvalue weighted by atomic mass is 9.84. The van der Waals surface area contributed by atoms with Crippen molar-refractivity contribution in [3.63, 3.8) is 0 Å². The number of nitrogens with two attached hydrogens (primary N) is 1. The Bertz CT molecular complexity index is 652. The first-order valence-corrected chi connectivity index (χ1v) is 8.65. The zero-order valence-electron chi connectivity index (χ0n) is 13.5. The van der Waals surface area contributed by atoms with E-state index in [1.807, 2.05) is 0 Å². The van der Waals surface area contributed by atoms with E-state index in [1.165, 1.54) is 6.07 Å². The summed E-state index contributed by atoms with van der Waals surface area (Å²) in [7, 11) is 0. The number of benzene rings is 1. The van der Waals surface area contributed by atoms with Gasteiger partial charge in [0.25, 0.3) is 0 Å². The average Bonchev–Trinajstić information content (AvgIpc) is 3.18. The number of hydrogen-bond acceptors (Lipinski definition) is 3. The molecule has 4 nitrogen and oxygen atoms in total. The maximum atomic E-state index is 13.5. The van der Waals surface area contributed by atoms with Crippen molar-refractivity contribution < 1.29 is 18.3 Å². The number of rotatable bonds is 2. The molecule has 2 bridgehead atoms. The second-order valence-electron chi connectivity index (χ2n) is 7.25. The molecule has 5 unspecified atom stereocenters. The molecule has 1 aliphatic heterocycles. The topological polar surface area (TPSA) is 55.6 Å².